The molecule has 1 aromatic carbocycles. The van der Waals surface area contributed by atoms with Crippen molar-refractivity contribution >= 4 is 5.69 Å². The summed E-state index contributed by atoms with van der Waals surface area (Å²) in [5.41, 5.74) is 0.846. The molecule has 29 heavy (non-hydrogen) atoms. The Bertz CT molecular complexity index is 735. The van der Waals surface area contributed by atoms with E-state index in [1.54, 1.807) is 13.2 Å². The number of nitro benzene ring substituents is 1. The third-order valence-corrected chi connectivity index (χ3v) is 7.19. The van der Waals surface area contributed by atoms with Gasteiger partial charge in [0.05, 0.1) is 25.2 Å². The first kappa shape index (κ1) is 20.4. The summed E-state index contributed by atoms with van der Waals surface area (Å²) in [6.45, 7) is 3.85. The average molecular weight is 404 g/mol. The topological polar surface area (TPSA) is 68.1 Å². The van der Waals surface area contributed by atoms with Gasteiger partial charge in [0.15, 0.2) is 11.5 Å². The molecule has 2 aliphatic heterocycles. The fourth-order valence-corrected chi connectivity index (χ4v) is 5.86. The SMILES string of the molecule is COc1cc(CN2CCN3CCC[C@H]3[C@@H]2C2CCCCC2)c([N+](=O)[O-])cc1OC. The standard InChI is InChI=1S/C22H33N3O4/c1-28-20-13-17(19(25(26)27)14-21(20)29-2)15-24-12-11-23-10-6-9-18(23)22(24)16-7-4-3-5-8-16/h13-14,16,18,22H,3-12,15H2,1-2H3/t18-,22-/m0/s1. The maximum absolute atomic E-state index is 11.8. The average Bonchev–Trinajstić information content (AvgIpc) is 3.22. The fourth-order valence-electron chi connectivity index (χ4n) is 5.86. The minimum Gasteiger partial charge on any atom is -0.493 e. The Morgan fingerprint density at radius 3 is 2.41 bits per heavy atom. The van der Waals surface area contributed by atoms with Crippen LogP contribution in [0, 0.1) is 16.0 Å². The molecule has 0 spiro atoms. The lowest BCUT2D eigenvalue weighted by molar-refractivity contribution is -0.385. The summed E-state index contributed by atoms with van der Waals surface area (Å²) in [7, 11) is 3.09. The highest BCUT2D eigenvalue weighted by atomic mass is 16.6. The van der Waals surface area contributed by atoms with Crippen LogP contribution in [0.2, 0.25) is 0 Å². The van der Waals surface area contributed by atoms with Crippen LogP contribution in [0.5, 0.6) is 11.5 Å². The summed E-state index contributed by atoms with van der Waals surface area (Å²) < 4.78 is 10.7. The van der Waals surface area contributed by atoms with Gasteiger partial charge in [-0.1, -0.05) is 19.3 Å². The van der Waals surface area contributed by atoms with Crippen molar-refractivity contribution in [1.82, 2.24) is 9.80 Å². The molecule has 160 valence electrons. The van der Waals surface area contributed by atoms with Gasteiger partial charge in [0, 0.05) is 37.3 Å². The molecular weight excluding hydrogens is 370 g/mol. The van der Waals surface area contributed by atoms with Gasteiger partial charge >= 0.3 is 0 Å². The number of fused-ring (bicyclic) bond motifs is 1. The molecule has 1 aliphatic carbocycles. The summed E-state index contributed by atoms with van der Waals surface area (Å²) in [4.78, 5) is 16.7. The Labute approximate surface area is 173 Å². The van der Waals surface area contributed by atoms with E-state index in [1.807, 2.05) is 0 Å². The summed E-state index contributed by atoms with van der Waals surface area (Å²) in [6, 6.07) is 4.41. The van der Waals surface area contributed by atoms with E-state index < -0.39 is 0 Å². The van der Waals surface area contributed by atoms with Crippen molar-refractivity contribution in [2.45, 2.75) is 63.6 Å². The highest BCUT2D eigenvalue weighted by Gasteiger charge is 2.43. The number of methoxy groups -OCH3 is 2. The minimum atomic E-state index is -0.293. The summed E-state index contributed by atoms with van der Waals surface area (Å²) in [5.74, 6) is 1.67. The van der Waals surface area contributed by atoms with Gasteiger partial charge < -0.3 is 9.47 Å². The summed E-state index contributed by atoms with van der Waals surface area (Å²) in [6.07, 6.45) is 9.10. The zero-order valence-corrected chi connectivity index (χ0v) is 17.6. The molecule has 2 heterocycles. The number of benzene rings is 1. The van der Waals surface area contributed by atoms with E-state index in [1.165, 1.54) is 64.7 Å². The number of hydrogen-bond donors (Lipinski definition) is 0. The van der Waals surface area contributed by atoms with Gasteiger partial charge in [0.1, 0.15) is 0 Å². The Balaban J connectivity index is 1.65. The van der Waals surface area contributed by atoms with Crippen molar-refractivity contribution < 1.29 is 14.4 Å². The Hall–Kier alpha value is -1.86. The maximum atomic E-state index is 11.8. The summed E-state index contributed by atoms with van der Waals surface area (Å²) in [5, 5.41) is 11.8. The molecule has 0 amide bonds. The van der Waals surface area contributed by atoms with Crippen molar-refractivity contribution in [2.24, 2.45) is 5.92 Å². The molecule has 3 fully saturated rings. The lowest BCUT2D eigenvalue weighted by Crippen LogP contribution is -2.59. The third kappa shape index (κ3) is 4.08. The molecule has 7 nitrogen and oxygen atoms in total. The fraction of sp³-hybridized carbons (Fsp3) is 0.727. The van der Waals surface area contributed by atoms with E-state index in [-0.39, 0.29) is 10.6 Å². The van der Waals surface area contributed by atoms with E-state index in [2.05, 4.69) is 9.80 Å². The van der Waals surface area contributed by atoms with Crippen LogP contribution in [0.3, 0.4) is 0 Å². The van der Waals surface area contributed by atoms with Gasteiger partial charge in [-0.25, -0.2) is 0 Å². The van der Waals surface area contributed by atoms with Crippen LogP contribution in [0.4, 0.5) is 5.69 Å². The van der Waals surface area contributed by atoms with Crippen molar-refractivity contribution in [3.05, 3.63) is 27.8 Å². The second-order valence-corrected chi connectivity index (χ2v) is 8.70. The first-order valence-corrected chi connectivity index (χ1v) is 11.0. The number of hydrogen-bond acceptors (Lipinski definition) is 6. The predicted octanol–water partition coefficient (Wildman–Crippen LogP) is 3.84. The first-order valence-electron chi connectivity index (χ1n) is 11.0. The van der Waals surface area contributed by atoms with Crippen LogP contribution in [-0.4, -0.2) is 60.7 Å². The largest absolute Gasteiger partial charge is 0.493 e. The monoisotopic (exact) mass is 403 g/mol. The van der Waals surface area contributed by atoms with E-state index >= 15 is 0 Å². The smallest absolute Gasteiger partial charge is 0.277 e. The molecule has 7 heteroatoms. The lowest BCUT2D eigenvalue weighted by atomic mass is 9.78. The number of piperazine rings is 1. The van der Waals surface area contributed by atoms with Crippen LogP contribution in [0.15, 0.2) is 12.1 Å². The molecule has 0 radical (unpaired) electrons. The number of rotatable bonds is 6. The van der Waals surface area contributed by atoms with Crippen LogP contribution < -0.4 is 9.47 Å². The second kappa shape index (κ2) is 8.88. The van der Waals surface area contributed by atoms with Gasteiger partial charge in [-0.15, -0.1) is 0 Å². The number of ether oxygens (including phenoxy) is 2. The second-order valence-electron chi connectivity index (χ2n) is 8.70. The van der Waals surface area contributed by atoms with Crippen LogP contribution in [-0.2, 0) is 6.54 Å². The van der Waals surface area contributed by atoms with Gasteiger partial charge in [0.2, 0.25) is 0 Å². The molecule has 2 atom stereocenters. The van der Waals surface area contributed by atoms with Crippen molar-refractivity contribution in [1.29, 1.82) is 0 Å². The zero-order chi connectivity index (χ0) is 20.4. The van der Waals surface area contributed by atoms with E-state index in [9.17, 15) is 10.1 Å². The highest BCUT2D eigenvalue weighted by molar-refractivity contribution is 5.54. The quantitative estimate of drug-likeness (QED) is 0.531. The molecular formula is C22H33N3O4. The summed E-state index contributed by atoms with van der Waals surface area (Å²) >= 11 is 0. The van der Waals surface area contributed by atoms with E-state index in [4.69, 9.17) is 9.47 Å². The first-order chi connectivity index (χ1) is 14.1. The Morgan fingerprint density at radius 1 is 1.00 bits per heavy atom. The van der Waals surface area contributed by atoms with E-state index in [0.717, 1.165) is 18.7 Å². The Kier molecular flexibility index (Phi) is 6.25. The van der Waals surface area contributed by atoms with Crippen LogP contribution in [0.1, 0.15) is 50.5 Å². The molecule has 0 aromatic heterocycles. The molecule has 0 unspecified atom stereocenters. The molecule has 3 aliphatic rings. The zero-order valence-electron chi connectivity index (χ0n) is 17.6. The van der Waals surface area contributed by atoms with Gasteiger partial charge in [0.25, 0.3) is 5.69 Å². The van der Waals surface area contributed by atoms with Crippen LogP contribution >= 0.6 is 0 Å². The third-order valence-electron chi connectivity index (χ3n) is 7.19. The molecule has 4 rings (SSSR count). The molecule has 1 saturated carbocycles. The van der Waals surface area contributed by atoms with Crippen molar-refractivity contribution in [3.8, 4) is 11.5 Å². The molecule has 2 saturated heterocycles. The van der Waals surface area contributed by atoms with E-state index in [0.29, 0.717) is 36.0 Å². The predicted molar refractivity (Wildman–Crippen MR) is 112 cm³/mol. The molecule has 0 N–H and O–H groups in total. The maximum Gasteiger partial charge on any atom is 0.277 e. The van der Waals surface area contributed by atoms with Crippen LogP contribution in [0.25, 0.3) is 0 Å². The van der Waals surface area contributed by atoms with Crippen molar-refractivity contribution in [3.63, 3.8) is 0 Å². The van der Waals surface area contributed by atoms with Crippen molar-refractivity contribution in [2.75, 3.05) is 33.9 Å². The van der Waals surface area contributed by atoms with Gasteiger partial charge in [-0.05, 0) is 44.2 Å². The number of nitro groups is 1. The van der Waals surface area contributed by atoms with Gasteiger partial charge in [-0.2, -0.15) is 0 Å². The highest BCUT2D eigenvalue weighted by Crippen LogP contribution is 2.40. The Morgan fingerprint density at radius 2 is 1.72 bits per heavy atom. The lowest BCUT2D eigenvalue weighted by Gasteiger charge is -2.49. The van der Waals surface area contributed by atoms with Gasteiger partial charge in [-0.3, -0.25) is 19.9 Å². The number of nitrogens with zero attached hydrogens (tertiary/aromatic N) is 3. The molecule has 1 aromatic rings. The normalized spacial score (nSPS) is 26.3. The minimum absolute atomic E-state index is 0.124. The molecule has 0 bridgehead atoms.